The summed E-state index contributed by atoms with van der Waals surface area (Å²) < 4.78 is 5.66. The number of morpholine rings is 1. The molecule has 94 valence electrons. The Balaban J connectivity index is 0.00000128. The van der Waals surface area contributed by atoms with Gasteiger partial charge < -0.3 is 15.4 Å². The van der Waals surface area contributed by atoms with Crippen LogP contribution in [0.1, 0.15) is 6.92 Å². The van der Waals surface area contributed by atoms with Crippen LogP contribution >= 0.6 is 12.4 Å². The van der Waals surface area contributed by atoms with Crippen molar-refractivity contribution < 1.29 is 9.53 Å². The summed E-state index contributed by atoms with van der Waals surface area (Å²) in [5.74, 6) is 0.0291. The van der Waals surface area contributed by atoms with Gasteiger partial charge in [-0.25, -0.2) is 0 Å². The van der Waals surface area contributed by atoms with Crippen molar-refractivity contribution in [1.29, 1.82) is 0 Å². The molecule has 0 aromatic carbocycles. The number of amides is 1. The van der Waals surface area contributed by atoms with Gasteiger partial charge in [-0.1, -0.05) is 0 Å². The Kier molecular flexibility index (Phi) is 4.55. The first kappa shape index (κ1) is 13.7. The van der Waals surface area contributed by atoms with Gasteiger partial charge in [-0.2, -0.15) is 0 Å². The van der Waals surface area contributed by atoms with Crippen LogP contribution in [-0.2, 0) is 9.53 Å². The number of likely N-dealkylation sites (N-methyl/N-ethyl adjacent to an activating group) is 1. The fraction of sp³-hybridized carbons (Fsp3) is 0.900. The maximum absolute atomic E-state index is 11.7. The third kappa shape index (κ3) is 2.48. The summed E-state index contributed by atoms with van der Waals surface area (Å²) in [5.41, 5.74) is 5.59. The number of hydrogen-bond donors (Lipinski definition) is 1. The Hall–Kier alpha value is -0.360. The molecule has 16 heavy (non-hydrogen) atoms. The van der Waals surface area contributed by atoms with E-state index in [-0.39, 0.29) is 24.4 Å². The average molecular weight is 250 g/mol. The lowest BCUT2D eigenvalue weighted by Crippen LogP contribution is -2.48. The molecule has 2 heterocycles. The van der Waals surface area contributed by atoms with Gasteiger partial charge in [0.1, 0.15) is 0 Å². The molecule has 2 saturated heterocycles. The van der Waals surface area contributed by atoms with Gasteiger partial charge in [0, 0.05) is 19.6 Å². The first-order valence-electron chi connectivity index (χ1n) is 5.46. The minimum atomic E-state index is -0.407. The summed E-state index contributed by atoms with van der Waals surface area (Å²) in [6, 6.07) is -0.0584. The van der Waals surface area contributed by atoms with E-state index < -0.39 is 6.04 Å². The zero-order valence-corrected chi connectivity index (χ0v) is 10.6. The zero-order chi connectivity index (χ0) is 11.0. The Labute approximate surface area is 102 Å². The number of carbonyl (C=O) groups is 1. The zero-order valence-electron chi connectivity index (χ0n) is 9.76. The molecule has 0 aromatic rings. The predicted octanol–water partition coefficient (Wildman–Crippen LogP) is -0.703. The summed E-state index contributed by atoms with van der Waals surface area (Å²) in [6.07, 6.45) is 0.173. The molecule has 2 N–H and O–H groups in total. The smallest absolute Gasteiger partial charge is 0.239 e. The number of ether oxygens (including phenoxy) is 1. The Bertz CT molecular complexity index is 262. The molecule has 3 atom stereocenters. The van der Waals surface area contributed by atoms with Crippen molar-refractivity contribution in [2.45, 2.75) is 25.1 Å². The minimum absolute atomic E-state index is 0. The highest BCUT2D eigenvalue weighted by Crippen LogP contribution is 2.21. The van der Waals surface area contributed by atoms with Crippen LogP contribution in [0.25, 0.3) is 0 Å². The molecule has 6 heteroatoms. The average Bonchev–Trinajstić information content (AvgIpc) is 2.61. The van der Waals surface area contributed by atoms with Crippen molar-refractivity contribution in [3.05, 3.63) is 0 Å². The Morgan fingerprint density at radius 2 is 2.19 bits per heavy atom. The second kappa shape index (κ2) is 5.31. The quantitative estimate of drug-likeness (QED) is 0.668. The molecule has 0 spiro atoms. The number of fused-ring (bicyclic) bond motifs is 1. The van der Waals surface area contributed by atoms with Crippen LogP contribution in [0.4, 0.5) is 0 Å². The Morgan fingerprint density at radius 3 is 2.75 bits per heavy atom. The highest BCUT2D eigenvalue weighted by molar-refractivity contribution is 5.85. The van der Waals surface area contributed by atoms with Crippen LogP contribution in [0.5, 0.6) is 0 Å². The summed E-state index contributed by atoms with van der Waals surface area (Å²) in [7, 11) is 2.08. The van der Waals surface area contributed by atoms with Gasteiger partial charge in [-0.3, -0.25) is 9.69 Å². The van der Waals surface area contributed by atoms with E-state index in [4.69, 9.17) is 10.5 Å². The van der Waals surface area contributed by atoms with Crippen molar-refractivity contribution in [2.24, 2.45) is 5.73 Å². The van der Waals surface area contributed by atoms with Gasteiger partial charge in [0.05, 0.1) is 24.8 Å². The van der Waals surface area contributed by atoms with Crippen LogP contribution < -0.4 is 5.73 Å². The van der Waals surface area contributed by atoms with Crippen LogP contribution in [0.2, 0.25) is 0 Å². The van der Waals surface area contributed by atoms with E-state index >= 15 is 0 Å². The van der Waals surface area contributed by atoms with E-state index in [1.807, 2.05) is 4.90 Å². The van der Waals surface area contributed by atoms with Crippen LogP contribution in [0, 0.1) is 0 Å². The third-order valence-corrected chi connectivity index (χ3v) is 3.28. The maximum Gasteiger partial charge on any atom is 0.239 e. The van der Waals surface area contributed by atoms with E-state index in [0.29, 0.717) is 12.6 Å². The number of halogens is 1. The predicted molar refractivity (Wildman–Crippen MR) is 63.6 cm³/mol. The second-order valence-electron chi connectivity index (χ2n) is 4.49. The topological polar surface area (TPSA) is 58.8 Å². The highest BCUT2D eigenvalue weighted by Gasteiger charge is 2.40. The first-order valence-corrected chi connectivity index (χ1v) is 5.46. The van der Waals surface area contributed by atoms with E-state index in [1.54, 1.807) is 6.92 Å². The van der Waals surface area contributed by atoms with E-state index in [2.05, 4.69) is 11.9 Å². The van der Waals surface area contributed by atoms with Gasteiger partial charge in [0.25, 0.3) is 0 Å². The van der Waals surface area contributed by atoms with Crippen molar-refractivity contribution in [1.82, 2.24) is 9.80 Å². The molecular weight excluding hydrogens is 230 g/mol. The fourth-order valence-electron chi connectivity index (χ4n) is 2.33. The molecule has 1 amide bonds. The van der Waals surface area contributed by atoms with Crippen molar-refractivity contribution in [3.8, 4) is 0 Å². The fourth-order valence-corrected chi connectivity index (χ4v) is 2.33. The van der Waals surface area contributed by atoms with Gasteiger partial charge in [-0.05, 0) is 14.0 Å². The Morgan fingerprint density at radius 1 is 1.50 bits per heavy atom. The van der Waals surface area contributed by atoms with Gasteiger partial charge in [0.2, 0.25) is 5.91 Å². The monoisotopic (exact) mass is 249 g/mol. The maximum atomic E-state index is 11.7. The van der Waals surface area contributed by atoms with E-state index in [9.17, 15) is 4.79 Å². The van der Waals surface area contributed by atoms with Gasteiger partial charge >= 0.3 is 0 Å². The molecule has 2 aliphatic rings. The first-order chi connectivity index (χ1) is 7.09. The molecule has 0 saturated carbocycles. The molecule has 0 aromatic heterocycles. The molecular formula is C10H20ClN3O2. The molecule has 2 aliphatic heterocycles. The molecule has 0 unspecified atom stereocenters. The summed E-state index contributed by atoms with van der Waals surface area (Å²) >= 11 is 0. The van der Waals surface area contributed by atoms with Gasteiger partial charge in [-0.15, -0.1) is 12.4 Å². The number of likely N-dealkylation sites (tertiary alicyclic amines) is 1. The third-order valence-electron chi connectivity index (χ3n) is 3.28. The highest BCUT2D eigenvalue weighted by atomic mass is 35.5. The minimum Gasteiger partial charge on any atom is -0.373 e. The molecule has 5 nitrogen and oxygen atoms in total. The standard InChI is InChI=1S/C10H19N3O2.ClH/c1-7(11)10(14)13-5-8-9(6-13)15-4-3-12(8)2;/h7-9H,3-6,11H2,1-2H3;1H/t7-,8-,9+;/m0./s1. The lowest BCUT2D eigenvalue weighted by Gasteiger charge is -2.33. The van der Waals surface area contributed by atoms with E-state index in [0.717, 1.165) is 19.7 Å². The molecule has 0 aliphatic carbocycles. The molecule has 2 rings (SSSR count). The normalized spacial score (nSPS) is 31.8. The number of hydrogen-bond acceptors (Lipinski definition) is 4. The van der Waals surface area contributed by atoms with Crippen LogP contribution in [-0.4, -0.2) is 67.2 Å². The molecule has 2 fully saturated rings. The van der Waals surface area contributed by atoms with Crippen molar-refractivity contribution in [3.63, 3.8) is 0 Å². The molecule has 0 bridgehead atoms. The lowest BCUT2D eigenvalue weighted by molar-refractivity contribution is -0.131. The van der Waals surface area contributed by atoms with E-state index in [1.165, 1.54) is 0 Å². The lowest BCUT2D eigenvalue weighted by atomic mass is 10.1. The second-order valence-corrected chi connectivity index (χ2v) is 4.49. The van der Waals surface area contributed by atoms with Gasteiger partial charge in [0.15, 0.2) is 0 Å². The van der Waals surface area contributed by atoms with Crippen LogP contribution in [0.3, 0.4) is 0 Å². The van der Waals surface area contributed by atoms with Crippen molar-refractivity contribution in [2.75, 3.05) is 33.3 Å². The number of nitrogens with two attached hydrogens (primary N) is 1. The van der Waals surface area contributed by atoms with Crippen LogP contribution in [0.15, 0.2) is 0 Å². The summed E-state index contributed by atoms with van der Waals surface area (Å²) in [4.78, 5) is 15.8. The SMILES string of the molecule is C[C@H](N)C(=O)N1C[C@H]2OCCN(C)[C@H]2C1.Cl. The summed E-state index contributed by atoms with van der Waals surface area (Å²) in [5, 5.41) is 0. The number of nitrogens with zero attached hydrogens (tertiary/aromatic N) is 2. The largest absolute Gasteiger partial charge is 0.373 e. The number of rotatable bonds is 1. The number of carbonyl (C=O) groups excluding carboxylic acids is 1. The summed E-state index contributed by atoms with van der Waals surface area (Å²) in [6.45, 7) is 4.88. The van der Waals surface area contributed by atoms with Crippen molar-refractivity contribution >= 4 is 18.3 Å². The molecule has 0 radical (unpaired) electrons.